The van der Waals surface area contributed by atoms with Crippen molar-refractivity contribution >= 4 is 11.6 Å². The van der Waals surface area contributed by atoms with Gasteiger partial charge in [0.05, 0.1) is 12.1 Å². The first kappa shape index (κ1) is 12.9. The van der Waals surface area contributed by atoms with Crippen molar-refractivity contribution in [3.8, 4) is 0 Å². The Kier molecular flexibility index (Phi) is 3.30. The smallest absolute Gasteiger partial charge is 0.234 e. The normalized spacial score (nSPS) is 14.2. The Bertz CT molecular complexity index is 646. The van der Waals surface area contributed by atoms with E-state index in [9.17, 15) is 4.79 Å². The van der Waals surface area contributed by atoms with Gasteiger partial charge in [0.1, 0.15) is 5.76 Å². The number of nitrogens with zero attached hydrogens (tertiary/aromatic N) is 2. The van der Waals surface area contributed by atoms with Crippen LogP contribution < -0.4 is 4.90 Å². The van der Waals surface area contributed by atoms with Crippen molar-refractivity contribution in [3.05, 3.63) is 47.2 Å². The molecule has 0 N–H and O–H groups in total. The lowest BCUT2D eigenvalue weighted by Crippen LogP contribution is -2.36. The number of aryl methyl sites for hydroxylation is 3. The van der Waals surface area contributed by atoms with E-state index < -0.39 is 0 Å². The highest BCUT2D eigenvalue weighted by molar-refractivity contribution is 5.95. The Morgan fingerprint density at radius 3 is 2.90 bits per heavy atom. The lowest BCUT2D eigenvalue weighted by molar-refractivity contribution is -0.118. The maximum atomic E-state index is 12.5. The largest absolute Gasteiger partial charge is 0.445 e. The van der Waals surface area contributed by atoms with Gasteiger partial charge in [-0.25, -0.2) is 4.98 Å². The van der Waals surface area contributed by atoms with E-state index in [1.54, 1.807) is 6.92 Å². The van der Waals surface area contributed by atoms with Gasteiger partial charge in [-0.3, -0.25) is 4.79 Å². The Morgan fingerprint density at radius 2 is 2.15 bits per heavy atom. The summed E-state index contributed by atoms with van der Waals surface area (Å²) in [5, 5.41) is 0. The molecule has 3 rings (SSSR count). The fourth-order valence-corrected chi connectivity index (χ4v) is 2.76. The van der Waals surface area contributed by atoms with Gasteiger partial charge in [-0.05, 0) is 31.4 Å². The number of aromatic nitrogens is 1. The molecule has 0 radical (unpaired) electrons. The molecular weight excluding hydrogens is 252 g/mol. The van der Waals surface area contributed by atoms with Gasteiger partial charge in [-0.2, -0.15) is 0 Å². The molecule has 2 heterocycles. The average Bonchev–Trinajstić information content (AvgIpc) is 2.76. The Hall–Kier alpha value is -2.10. The van der Waals surface area contributed by atoms with Gasteiger partial charge in [0, 0.05) is 19.2 Å². The molecule has 0 aliphatic carbocycles. The van der Waals surface area contributed by atoms with Crippen LogP contribution in [0.1, 0.15) is 29.3 Å². The number of rotatable bonds is 2. The highest BCUT2D eigenvalue weighted by Gasteiger charge is 2.23. The Morgan fingerprint density at radius 1 is 1.35 bits per heavy atom. The fraction of sp³-hybridized carbons (Fsp3) is 0.375. The van der Waals surface area contributed by atoms with Gasteiger partial charge in [0.25, 0.3) is 0 Å². The molecule has 1 aliphatic heterocycles. The van der Waals surface area contributed by atoms with Crippen LogP contribution in [0.25, 0.3) is 0 Å². The molecule has 0 fully saturated rings. The minimum Gasteiger partial charge on any atom is -0.445 e. The molecule has 0 spiro atoms. The topological polar surface area (TPSA) is 46.3 Å². The van der Waals surface area contributed by atoms with Crippen LogP contribution in [-0.4, -0.2) is 17.4 Å². The van der Waals surface area contributed by atoms with E-state index >= 15 is 0 Å². The molecule has 0 bridgehead atoms. The molecule has 0 atom stereocenters. The second kappa shape index (κ2) is 5.12. The summed E-state index contributed by atoms with van der Waals surface area (Å²) >= 11 is 0. The van der Waals surface area contributed by atoms with Gasteiger partial charge in [-0.15, -0.1) is 0 Å². The Labute approximate surface area is 118 Å². The number of hydrogen-bond acceptors (Lipinski definition) is 3. The van der Waals surface area contributed by atoms with E-state index in [4.69, 9.17) is 4.42 Å². The van der Waals surface area contributed by atoms with E-state index in [0.717, 1.165) is 30.8 Å². The van der Waals surface area contributed by atoms with Crippen molar-refractivity contribution in [2.24, 2.45) is 0 Å². The monoisotopic (exact) mass is 270 g/mol. The first-order valence-electron chi connectivity index (χ1n) is 6.96. The van der Waals surface area contributed by atoms with E-state index in [1.807, 2.05) is 30.0 Å². The van der Waals surface area contributed by atoms with Crippen LogP contribution in [0.4, 0.5) is 5.69 Å². The summed E-state index contributed by atoms with van der Waals surface area (Å²) in [5.74, 6) is 1.37. The number of carbonyl (C=O) groups excluding carboxylic acids is 1. The summed E-state index contributed by atoms with van der Waals surface area (Å²) in [6, 6.07) is 8.12. The number of benzene rings is 1. The van der Waals surface area contributed by atoms with Gasteiger partial charge < -0.3 is 9.32 Å². The molecule has 1 aliphatic rings. The van der Waals surface area contributed by atoms with E-state index in [1.165, 1.54) is 5.56 Å². The van der Waals surface area contributed by atoms with Crippen LogP contribution in [0.15, 0.2) is 28.7 Å². The van der Waals surface area contributed by atoms with Crippen LogP contribution in [0.2, 0.25) is 0 Å². The van der Waals surface area contributed by atoms with Crippen LogP contribution in [0.5, 0.6) is 0 Å². The number of oxazole rings is 1. The predicted octanol–water partition coefficient (Wildman–Crippen LogP) is 2.81. The van der Waals surface area contributed by atoms with E-state index in [0.29, 0.717) is 11.7 Å². The third kappa shape index (κ3) is 2.33. The van der Waals surface area contributed by atoms with Crippen LogP contribution in [0.3, 0.4) is 0 Å². The molecule has 1 aromatic heterocycles. The van der Waals surface area contributed by atoms with Crippen molar-refractivity contribution in [2.75, 3.05) is 11.4 Å². The summed E-state index contributed by atoms with van der Waals surface area (Å²) in [6.45, 7) is 4.46. The lowest BCUT2D eigenvalue weighted by Gasteiger charge is -2.29. The molecule has 20 heavy (non-hydrogen) atoms. The van der Waals surface area contributed by atoms with Crippen molar-refractivity contribution in [2.45, 2.75) is 33.1 Å². The zero-order valence-corrected chi connectivity index (χ0v) is 11.8. The molecule has 0 saturated heterocycles. The number of amides is 1. The molecule has 4 nitrogen and oxygen atoms in total. The van der Waals surface area contributed by atoms with Crippen molar-refractivity contribution in [1.29, 1.82) is 0 Å². The van der Waals surface area contributed by atoms with E-state index in [2.05, 4.69) is 11.1 Å². The molecule has 1 aromatic carbocycles. The predicted molar refractivity (Wildman–Crippen MR) is 76.8 cm³/mol. The number of fused-ring (bicyclic) bond motifs is 1. The summed E-state index contributed by atoms with van der Waals surface area (Å²) in [5.41, 5.74) is 3.09. The third-order valence-electron chi connectivity index (χ3n) is 3.72. The summed E-state index contributed by atoms with van der Waals surface area (Å²) in [4.78, 5) is 18.6. The van der Waals surface area contributed by atoms with Gasteiger partial charge >= 0.3 is 0 Å². The molecule has 0 unspecified atom stereocenters. The molecule has 104 valence electrons. The number of hydrogen-bond donors (Lipinski definition) is 0. The first-order valence-corrected chi connectivity index (χ1v) is 6.96. The summed E-state index contributed by atoms with van der Waals surface area (Å²) in [7, 11) is 0. The van der Waals surface area contributed by atoms with Crippen LogP contribution in [0, 0.1) is 13.8 Å². The van der Waals surface area contributed by atoms with Crippen molar-refractivity contribution in [3.63, 3.8) is 0 Å². The van der Waals surface area contributed by atoms with Gasteiger partial charge in [0.2, 0.25) is 5.91 Å². The average molecular weight is 270 g/mol. The SMILES string of the molecule is Cc1nc(C)c(CC(=O)N2CCCc3ccccc32)o1. The minimum atomic E-state index is 0.0800. The number of carbonyl (C=O) groups is 1. The zero-order chi connectivity index (χ0) is 14.1. The van der Waals surface area contributed by atoms with Gasteiger partial charge in [-0.1, -0.05) is 18.2 Å². The quantitative estimate of drug-likeness (QED) is 0.843. The maximum absolute atomic E-state index is 12.5. The highest BCUT2D eigenvalue weighted by Crippen LogP contribution is 2.27. The van der Waals surface area contributed by atoms with Crippen LogP contribution in [-0.2, 0) is 17.6 Å². The van der Waals surface area contributed by atoms with E-state index in [-0.39, 0.29) is 12.3 Å². The minimum absolute atomic E-state index is 0.0800. The number of anilines is 1. The van der Waals surface area contributed by atoms with Crippen molar-refractivity contribution in [1.82, 2.24) is 4.98 Å². The Balaban J connectivity index is 1.83. The summed E-state index contributed by atoms with van der Waals surface area (Å²) in [6.07, 6.45) is 2.33. The molecule has 4 heteroatoms. The zero-order valence-electron chi connectivity index (χ0n) is 11.8. The van der Waals surface area contributed by atoms with Gasteiger partial charge in [0.15, 0.2) is 5.89 Å². The molecule has 2 aromatic rings. The molecule has 1 amide bonds. The van der Waals surface area contributed by atoms with Crippen molar-refractivity contribution < 1.29 is 9.21 Å². The molecule has 0 saturated carbocycles. The second-order valence-electron chi connectivity index (χ2n) is 5.20. The fourth-order valence-electron chi connectivity index (χ4n) is 2.76. The van der Waals surface area contributed by atoms with Crippen LogP contribution >= 0.6 is 0 Å². The first-order chi connectivity index (χ1) is 9.65. The number of para-hydroxylation sites is 1. The third-order valence-corrected chi connectivity index (χ3v) is 3.72. The lowest BCUT2D eigenvalue weighted by atomic mass is 10.0. The standard InChI is InChI=1S/C16H18N2O2/c1-11-15(20-12(2)17-11)10-16(19)18-9-5-7-13-6-3-4-8-14(13)18/h3-4,6,8H,5,7,9-10H2,1-2H3. The highest BCUT2D eigenvalue weighted by atomic mass is 16.4. The summed E-state index contributed by atoms with van der Waals surface area (Å²) < 4.78 is 5.51. The molecular formula is C16H18N2O2. The second-order valence-corrected chi connectivity index (χ2v) is 5.20. The maximum Gasteiger partial charge on any atom is 0.234 e.